The molecule has 2 aromatic rings. The van der Waals surface area contributed by atoms with Gasteiger partial charge in [0.25, 0.3) is 0 Å². The molecule has 0 bridgehead atoms. The van der Waals surface area contributed by atoms with Crippen molar-refractivity contribution in [3.63, 3.8) is 0 Å². The van der Waals surface area contributed by atoms with E-state index in [-0.39, 0.29) is 0 Å². The van der Waals surface area contributed by atoms with Gasteiger partial charge < -0.3 is 15.1 Å². The maximum atomic E-state index is 10.1. The van der Waals surface area contributed by atoms with Gasteiger partial charge in [-0.2, -0.15) is 0 Å². The van der Waals surface area contributed by atoms with Crippen LogP contribution in [0.3, 0.4) is 0 Å². The van der Waals surface area contributed by atoms with E-state index in [1.807, 2.05) is 24.4 Å². The lowest BCUT2D eigenvalue weighted by atomic mass is 10.2. The maximum Gasteiger partial charge on any atom is 0.133 e. The summed E-state index contributed by atoms with van der Waals surface area (Å²) in [4.78, 5) is 13.3. The quantitative estimate of drug-likeness (QED) is 0.563. The van der Waals surface area contributed by atoms with Gasteiger partial charge in [0.05, 0.1) is 6.54 Å². The first-order chi connectivity index (χ1) is 6.92. The minimum atomic E-state index is 0.402. The minimum absolute atomic E-state index is 0.402. The molecule has 0 aliphatic rings. The number of hydrogen-bond donors (Lipinski definition) is 2. The molecule has 0 aliphatic carbocycles. The topological polar surface area (TPSA) is 44.9 Å². The average molecular weight is 188 g/mol. The van der Waals surface area contributed by atoms with Crippen LogP contribution in [-0.4, -0.2) is 17.8 Å². The van der Waals surface area contributed by atoms with Crippen LogP contribution in [0.1, 0.15) is 5.56 Å². The van der Waals surface area contributed by atoms with E-state index in [9.17, 15) is 4.79 Å². The molecule has 1 heterocycles. The van der Waals surface area contributed by atoms with Gasteiger partial charge in [-0.15, -0.1) is 0 Å². The molecular formula is C11H12N2O. The predicted molar refractivity (Wildman–Crippen MR) is 56.1 cm³/mol. The van der Waals surface area contributed by atoms with Gasteiger partial charge in [-0.1, -0.05) is 18.2 Å². The molecule has 1 aromatic carbocycles. The summed E-state index contributed by atoms with van der Waals surface area (Å²) in [6.45, 7) is 1.13. The van der Waals surface area contributed by atoms with Crippen molar-refractivity contribution in [2.45, 2.75) is 6.54 Å². The van der Waals surface area contributed by atoms with Crippen LogP contribution in [0.15, 0.2) is 30.5 Å². The number of carbonyl (C=O) groups excluding carboxylic acids is 1. The Balaban J connectivity index is 2.20. The van der Waals surface area contributed by atoms with E-state index in [1.54, 1.807) is 0 Å². The summed E-state index contributed by atoms with van der Waals surface area (Å²) in [5, 5.41) is 4.26. The number of hydrogen-bond acceptors (Lipinski definition) is 2. The number of para-hydroxylation sites is 1. The van der Waals surface area contributed by atoms with Crippen LogP contribution in [0.4, 0.5) is 0 Å². The van der Waals surface area contributed by atoms with Gasteiger partial charge in [-0.25, -0.2) is 0 Å². The average Bonchev–Trinajstić information content (AvgIpc) is 2.63. The van der Waals surface area contributed by atoms with E-state index in [0.29, 0.717) is 6.54 Å². The van der Waals surface area contributed by atoms with Crippen LogP contribution in [0.25, 0.3) is 10.9 Å². The summed E-state index contributed by atoms with van der Waals surface area (Å²) in [7, 11) is 0. The number of H-pyrrole nitrogens is 1. The van der Waals surface area contributed by atoms with Crippen molar-refractivity contribution >= 4 is 17.2 Å². The highest BCUT2D eigenvalue weighted by Crippen LogP contribution is 2.16. The van der Waals surface area contributed by atoms with Gasteiger partial charge in [0.1, 0.15) is 6.29 Å². The molecule has 0 aliphatic heterocycles. The number of carbonyl (C=O) groups is 1. The zero-order valence-electron chi connectivity index (χ0n) is 7.79. The second-order valence-electron chi connectivity index (χ2n) is 3.16. The summed E-state index contributed by atoms with van der Waals surface area (Å²) >= 11 is 0. The lowest BCUT2D eigenvalue weighted by molar-refractivity contribution is -0.107. The Morgan fingerprint density at radius 3 is 3.07 bits per heavy atom. The van der Waals surface area contributed by atoms with E-state index in [2.05, 4.69) is 16.4 Å². The molecule has 0 spiro atoms. The molecule has 0 radical (unpaired) electrons. The molecule has 0 atom stereocenters. The predicted octanol–water partition coefficient (Wildman–Crippen LogP) is 1.46. The number of nitrogens with one attached hydrogen (secondary N) is 2. The third-order valence-electron chi connectivity index (χ3n) is 2.22. The van der Waals surface area contributed by atoms with Gasteiger partial charge in [0.2, 0.25) is 0 Å². The van der Waals surface area contributed by atoms with Crippen molar-refractivity contribution in [2.24, 2.45) is 0 Å². The van der Waals surface area contributed by atoms with Crippen LogP contribution in [0, 0.1) is 0 Å². The summed E-state index contributed by atoms with van der Waals surface area (Å²) in [5.74, 6) is 0. The summed E-state index contributed by atoms with van der Waals surface area (Å²) in [5.41, 5.74) is 2.33. The third-order valence-corrected chi connectivity index (χ3v) is 2.22. The molecule has 1 aromatic heterocycles. The molecule has 3 nitrogen and oxygen atoms in total. The Morgan fingerprint density at radius 2 is 2.21 bits per heavy atom. The lowest BCUT2D eigenvalue weighted by Crippen LogP contribution is -2.14. The molecule has 3 heteroatoms. The van der Waals surface area contributed by atoms with E-state index < -0.39 is 0 Å². The van der Waals surface area contributed by atoms with Crippen LogP contribution < -0.4 is 5.32 Å². The molecule has 14 heavy (non-hydrogen) atoms. The zero-order valence-corrected chi connectivity index (χ0v) is 7.79. The van der Waals surface area contributed by atoms with E-state index in [0.717, 1.165) is 18.3 Å². The van der Waals surface area contributed by atoms with Crippen LogP contribution in [0.5, 0.6) is 0 Å². The molecule has 0 saturated heterocycles. The first-order valence-corrected chi connectivity index (χ1v) is 4.61. The molecule has 2 rings (SSSR count). The fourth-order valence-corrected chi connectivity index (χ4v) is 1.54. The molecular weight excluding hydrogens is 176 g/mol. The highest BCUT2D eigenvalue weighted by molar-refractivity contribution is 5.82. The number of aldehydes is 1. The van der Waals surface area contributed by atoms with E-state index in [1.165, 1.54) is 10.9 Å². The number of aromatic amines is 1. The highest BCUT2D eigenvalue weighted by atomic mass is 16.1. The van der Waals surface area contributed by atoms with Crippen molar-refractivity contribution in [2.75, 3.05) is 6.54 Å². The maximum absolute atomic E-state index is 10.1. The summed E-state index contributed by atoms with van der Waals surface area (Å²) in [6.07, 6.45) is 2.84. The molecule has 0 saturated carbocycles. The number of fused-ring (bicyclic) bond motifs is 1. The van der Waals surface area contributed by atoms with Gasteiger partial charge in [-0.05, 0) is 11.6 Å². The largest absolute Gasteiger partial charge is 0.361 e. The van der Waals surface area contributed by atoms with Crippen molar-refractivity contribution in [1.82, 2.24) is 10.3 Å². The van der Waals surface area contributed by atoms with Crippen molar-refractivity contribution in [3.05, 3.63) is 36.0 Å². The number of aromatic nitrogens is 1. The van der Waals surface area contributed by atoms with Crippen molar-refractivity contribution in [1.29, 1.82) is 0 Å². The molecule has 0 unspecified atom stereocenters. The van der Waals surface area contributed by atoms with Crippen molar-refractivity contribution < 1.29 is 4.79 Å². The Bertz CT molecular complexity index is 434. The first-order valence-electron chi connectivity index (χ1n) is 4.61. The molecule has 0 fully saturated rings. The summed E-state index contributed by atoms with van der Waals surface area (Å²) in [6, 6.07) is 8.13. The zero-order chi connectivity index (χ0) is 9.80. The molecule has 0 amide bonds. The second kappa shape index (κ2) is 4.07. The first kappa shape index (κ1) is 8.97. The monoisotopic (exact) mass is 188 g/mol. The Kier molecular flexibility index (Phi) is 2.60. The lowest BCUT2D eigenvalue weighted by Gasteiger charge is -1.98. The van der Waals surface area contributed by atoms with Crippen molar-refractivity contribution in [3.8, 4) is 0 Å². The highest BCUT2D eigenvalue weighted by Gasteiger charge is 2.00. The minimum Gasteiger partial charge on any atom is -0.361 e. The number of benzene rings is 1. The smallest absolute Gasteiger partial charge is 0.133 e. The van der Waals surface area contributed by atoms with Gasteiger partial charge in [0.15, 0.2) is 0 Å². The van der Waals surface area contributed by atoms with Gasteiger partial charge >= 0.3 is 0 Å². The Morgan fingerprint density at radius 1 is 1.36 bits per heavy atom. The van der Waals surface area contributed by atoms with Crippen LogP contribution in [0.2, 0.25) is 0 Å². The van der Waals surface area contributed by atoms with Gasteiger partial charge in [-0.3, -0.25) is 0 Å². The van der Waals surface area contributed by atoms with Crippen LogP contribution in [-0.2, 0) is 11.3 Å². The Labute approximate surface area is 82.1 Å². The number of rotatable bonds is 4. The van der Waals surface area contributed by atoms with Gasteiger partial charge in [0, 0.05) is 23.6 Å². The SMILES string of the molecule is O=CCNCc1c[nH]c2ccccc12. The third kappa shape index (κ3) is 1.67. The Hall–Kier alpha value is -1.61. The standard InChI is InChI=1S/C11H12N2O/c14-6-5-12-7-9-8-13-11-4-2-1-3-10(9)11/h1-4,6,8,12-13H,5,7H2. The molecule has 72 valence electrons. The molecule has 2 N–H and O–H groups in total. The fraction of sp³-hybridized carbons (Fsp3) is 0.182. The van der Waals surface area contributed by atoms with E-state index in [4.69, 9.17) is 0 Å². The second-order valence-corrected chi connectivity index (χ2v) is 3.16. The fourth-order valence-electron chi connectivity index (χ4n) is 1.54. The summed E-state index contributed by atoms with van der Waals surface area (Å²) < 4.78 is 0. The van der Waals surface area contributed by atoms with Crippen LogP contribution >= 0.6 is 0 Å². The van der Waals surface area contributed by atoms with E-state index >= 15 is 0 Å². The normalized spacial score (nSPS) is 10.6.